The molecule has 1 unspecified atom stereocenters. The van der Waals surface area contributed by atoms with Crippen molar-refractivity contribution < 1.29 is 14.6 Å². The summed E-state index contributed by atoms with van der Waals surface area (Å²) in [4.78, 5) is 13.6. The molecule has 104 valence electrons. The molecule has 0 bridgehead atoms. The molecule has 19 heavy (non-hydrogen) atoms. The summed E-state index contributed by atoms with van der Waals surface area (Å²) in [5.74, 6) is 0.703. The molecule has 0 radical (unpaired) electrons. The largest absolute Gasteiger partial charge is 0.493 e. The Kier molecular flexibility index (Phi) is 4.63. The van der Waals surface area contributed by atoms with E-state index in [-0.39, 0.29) is 12.0 Å². The van der Waals surface area contributed by atoms with Crippen LogP contribution in [-0.2, 0) is 4.79 Å². The van der Waals surface area contributed by atoms with Crippen molar-refractivity contribution in [1.29, 1.82) is 0 Å². The number of benzene rings is 1. The van der Waals surface area contributed by atoms with Crippen molar-refractivity contribution in [3.05, 3.63) is 24.3 Å². The van der Waals surface area contributed by atoms with Crippen molar-refractivity contribution in [2.24, 2.45) is 0 Å². The second kappa shape index (κ2) is 6.43. The molecule has 1 heterocycles. The van der Waals surface area contributed by atoms with E-state index < -0.39 is 0 Å². The number of nitrogens with two attached hydrogens (primary N) is 1. The zero-order valence-corrected chi connectivity index (χ0v) is 10.9. The van der Waals surface area contributed by atoms with Gasteiger partial charge in [-0.05, 0) is 25.0 Å². The third kappa shape index (κ3) is 4.13. The van der Waals surface area contributed by atoms with E-state index in [2.05, 4.69) is 0 Å². The van der Waals surface area contributed by atoms with Gasteiger partial charge in [0, 0.05) is 24.8 Å². The van der Waals surface area contributed by atoms with Crippen molar-refractivity contribution in [2.75, 3.05) is 25.4 Å². The second-order valence-corrected chi connectivity index (χ2v) is 4.81. The number of ether oxygens (including phenoxy) is 1. The highest BCUT2D eigenvalue weighted by Crippen LogP contribution is 2.15. The van der Waals surface area contributed by atoms with E-state index in [1.807, 2.05) is 12.1 Å². The minimum atomic E-state index is -0.382. The van der Waals surface area contributed by atoms with E-state index in [0.29, 0.717) is 31.0 Å². The minimum Gasteiger partial charge on any atom is -0.493 e. The van der Waals surface area contributed by atoms with Gasteiger partial charge in [0.2, 0.25) is 5.91 Å². The molecule has 3 N–H and O–H groups in total. The second-order valence-electron chi connectivity index (χ2n) is 4.81. The first kappa shape index (κ1) is 13.7. The number of aliphatic hydroxyl groups is 1. The summed E-state index contributed by atoms with van der Waals surface area (Å²) in [6.45, 7) is 1.50. The van der Waals surface area contributed by atoms with Crippen LogP contribution in [0.1, 0.15) is 19.3 Å². The lowest BCUT2D eigenvalue weighted by Gasteiger charge is -2.30. The number of nitrogens with zero attached hydrogens (tertiary/aromatic N) is 1. The predicted octanol–water partition coefficient (Wildman–Crippen LogP) is 1.02. The molecular formula is C14H20N2O3. The number of likely N-dealkylation sites (tertiary alicyclic amines) is 1. The summed E-state index contributed by atoms with van der Waals surface area (Å²) in [7, 11) is 0. The van der Waals surface area contributed by atoms with Crippen molar-refractivity contribution in [2.45, 2.75) is 25.4 Å². The number of carbonyl (C=O) groups is 1. The maximum Gasteiger partial charge on any atom is 0.226 e. The maximum absolute atomic E-state index is 11.9. The smallest absolute Gasteiger partial charge is 0.226 e. The molecule has 0 aromatic heterocycles. The van der Waals surface area contributed by atoms with Crippen molar-refractivity contribution in [1.82, 2.24) is 4.90 Å². The highest BCUT2D eigenvalue weighted by atomic mass is 16.5. The quantitative estimate of drug-likeness (QED) is 0.796. The predicted molar refractivity (Wildman–Crippen MR) is 72.8 cm³/mol. The Bertz CT molecular complexity index is 436. The third-order valence-corrected chi connectivity index (χ3v) is 3.19. The summed E-state index contributed by atoms with van der Waals surface area (Å²) in [5, 5.41) is 9.52. The number of aliphatic hydroxyl groups excluding tert-OH is 1. The number of hydrogen-bond donors (Lipinski definition) is 2. The molecule has 1 aromatic carbocycles. The summed E-state index contributed by atoms with van der Waals surface area (Å²) in [6, 6.07) is 7.14. The monoisotopic (exact) mass is 264 g/mol. The molecule has 1 aromatic rings. The molecule has 1 aliphatic heterocycles. The molecule has 5 heteroatoms. The number of rotatable bonds is 4. The zero-order chi connectivity index (χ0) is 13.7. The van der Waals surface area contributed by atoms with E-state index in [0.717, 1.165) is 19.4 Å². The molecule has 0 spiro atoms. The van der Waals surface area contributed by atoms with Gasteiger partial charge in [-0.3, -0.25) is 4.79 Å². The van der Waals surface area contributed by atoms with E-state index in [1.54, 1.807) is 17.0 Å². The van der Waals surface area contributed by atoms with Gasteiger partial charge in [-0.25, -0.2) is 0 Å². The van der Waals surface area contributed by atoms with Crippen LogP contribution in [-0.4, -0.2) is 41.7 Å². The van der Waals surface area contributed by atoms with Gasteiger partial charge in [0.15, 0.2) is 0 Å². The van der Waals surface area contributed by atoms with Crippen LogP contribution in [0.2, 0.25) is 0 Å². The lowest BCUT2D eigenvalue weighted by atomic mass is 10.1. The van der Waals surface area contributed by atoms with Crippen LogP contribution >= 0.6 is 0 Å². The fourth-order valence-corrected chi connectivity index (χ4v) is 2.20. The number of anilines is 1. The van der Waals surface area contributed by atoms with Crippen LogP contribution in [0.25, 0.3) is 0 Å². The van der Waals surface area contributed by atoms with Gasteiger partial charge in [-0.1, -0.05) is 6.07 Å². The van der Waals surface area contributed by atoms with Crippen LogP contribution in [0.5, 0.6) is 5.75 Å². The number of carbonyl (C=O) groups excluding carboxylic acids is 1. The Morgan fingerprint density at radius 3 is 3.11 bits per heavy atom. The van der Waals surface area contributed by atoms with E-state index in [9.17, 15) is 9.90 Å². The van der Waals surface area contributed by atoms with Crippen LogP contribution in [0.3, 0.4) is 0 Å². The maximum atomic E-state index is 11.9. The Morgan fingerprint density at radius 2 is 2.37 bits per heavy atom. The average Bonchev–Trinajstić information content (AvgIpc) is 2.38. The highest BCUT2D eigenvalue weighted by molar-refractivity contribution is 5.76. The molecule has 0 aliphatic carbocycles. The molecular weight excluding hydrogens is 244 g/mol. The average molecular weight is 264 g/mol. The normalized spacial score (nSPS) is 19.2. The molecule has 0 saturated carbocycles. The lowest BCUT2D eigenvalue weighted by molar-refractivity contribution is -0.134. The number of nitrogen functional groups attached to an aromatic ring is 1. The van der Waals surface area contributed by atoms with Crippen LogP contribution in [0.15, 0.2) is 24.3 Å². The summed E-state index contributed by atoms with van der Waals surface area (Å²) in [5.41, 5.74) is 6.28. The van der Waals surface area contributed by atoms with Gasteiger partial charge in [0.1, 0.15) is 5.75 Å². The van der Waals surface area contributed by atoms with Gasteiger partial charge >= 0.3 is 0 Å². The van der Waals surface area contributed by atoms with Crippen LogP contribution in [0.4, 0.5) is 5.69 Å². The standard InChI is InChI=1S/C14H20N2O3/c15-11-3-1-5-13(9-11)19-8-6-14(18)16-7-2-4-12(17)10-16/h1,3,5,9,12,17H,2,4,6-8,10,15H2. The van der Waals surface area contributed by atoms with Crippen molar-refractivity contribution in [3.63, 3.8) is 0 Å². The molecule has 1 atom stereocenters. The first-order chi connectivity index (χ1) is 9.15. The summed E-state index contributed by atoms with van der Waals surface area (Å²) >= 11 is 0. The van der Waals surface area contributed by atoms with E-state index >= 15 is 0 Å². The lowest BCUT2D eigenvalue weighted by Crippen LogP contribution is -2.42. The number of β-amino-alcohol motifs (C(OH)–C–C–N with tert-alkyl or cyclic N) is 1. The van der Waals surface area contributed by atoms with Crippen LogP contribution in [0, 0.1) is 0 Å². The molecule has 5 nitrogen and oxygen atoms in total. The Balaban J connectivity index is 1.74. The molecule has 1 saturated heterocycles. The zero-order valence-electron chi connectivity index (χ0n) is 10.9. The fourth-order valence-electron chi connectivity index (χ4n) is 2.20. The van der Waals surface area contributed by atoms with E-state index in [1.165, 1.54) is 0 Å². The molecule has 1 fully saturated rings. The van der Waals surface area contributed by atoms with Crippen molar-refractivity contribution >= 4 is 11.6 Å². The number of amides is 1. The Morgan fingerprint density at radius 1 is 1.53 bits per heavy atom. The number of piperidine rings is 1. The first-order valence-corrected chi connectivity index (χ1v) is 6.59. The van der Waals surface area contributed by atoms with Crippen molar-refractivity contribution in [3.8, 4) is 5.75 Å². The SMILES string of the molecule is Nc1cccc(OCCC(=O)N2CCCC(O)C2)c1. The van der Waals surface area contributed by atoms with E-state index in [4.69, 9.17) is 10.5 Å². The van der Waals surface area contributed by atoms with Crippen LogP contribution < -0.4 is 10.5 Å². The number of hydrogen-bond acceptors (Lipinski definition) is 4. The third-order valence-electron chi connectivity index (χ3n) is 3.19. The highest BCUT2D eigenvalue weighted by Gasteiger charge is 2.21. The topological polar surface area (TPSA) is 75.8 Å². The van der Waals surface area contributed by atoms with Gasteiger partial charge in [-0.2, -0.15) is 0 Å². The minimum absolute atomic E-state index is 0.0302. The Hall–Kier alpha value is -1.75. The Labute approximate surface area is 113 Å². The molecule has 1 amide bonds. The molecule has 1 aliphatic rings. The van der Waals surface area contributed by atoms with Gasteiger partial charge in [0.25, 0.3) is 0 Å². The fraction of sp³-hybridized carbons (Fsp3) is 0.500. The van der Waals surface area contributed by atoms with Gasteiger partial charge < -0.3 is 20.5 Å². The first-order valence-electron chi connectivity index (χ1n) is 6.59. The summed E-state index contributed by atoms with van der Waals surface area (Å²) in [6.07, 6.45) is 1.58. The molecule has 2 rings (SSSR count). The summed E-state index contributed by atoms with van der Waals surface area (Å²) < 4.78 is 5.49. The van der Waals surface area contributed by atoms with Gasteiger partial charge in [0.05, 0.1) is 19.1 Å². The van der Waals surface area contributed by atoms with Gasteiger partial charge in [-0.15, -0.1) is 0 Å².